The van der Waals surface area contributed by atoms with Gasteiger partial charge in [-0.1, -0.05) is 79.9 Å². The second-order valence-corrected chi connectivity index (χ2v) is 15.7. The molecule has 0 unspecified atom stereocenters. The van der Waals surface area contributed by atoms with Gasteiger partial charge in [-0.2, -0.15) is 0 Å². The number of guanidine groups is 2. The molecule has 3 amide bonds. The number of carbonyl (C=O) groups is 3. The van der Waals surface area contributed by atoms with E-state index in [4.69, 9.17) is 39.5 Å². The minimum atomic E-state index is -1.61. The van der Waals surface area contributed by atoms with Gasteiger partial charge in [-0.05, 0) is 116 Å². The number of rotatable bonds is 21. The van der Waals surface area contributed by atoms with Crippen molar-refractivity contribution in [2.75, 3.05) is 13.1 Å². The van der Waals surface area contributed by atoms with Gasteiger partial charge in [0.2, 0.25) is 17.7 Å². The molecule has 0 aliphatic heterocycles. The van der Waals surface area contributed by atoms with Crippen LogP contribution < -0.4 is 34.0 Å². The second-order valence-electron chi connectivity index (χ2n) is 15.7. The zero-order chi connectivity index (χ0) is 44.1. The monoisotopic (exact) mass is 822 g/mol. The van der Waals surface area contributed by atoms with E-state index in [1.165, 1.54) is 17.0 Å². The fourth-order valence-corrected chi connectivity index (χ4v) is 7.98. The van der Waals surface area contributed by atoms with Gasteiger partial charge in [-0.15, -0.1) is 0 Å². The Morgan fingerprint density at radius 1 is 0.733 bits per heavy atom. The molecule has 0 saturated carbocycles. The summed E-state index contributed by atoms with van der Waals surface area (Å²) in [5, 5.41) is 40.6. The average molecular weight is 823 g/mol. The largest absolute Gasteiger partial charge is 0.508 e. The summed E-state index contributed by atoms with van der Waals surface area (Å²) in [5.74, 6) is -2.25. The topological polar surface area (TPSA) is 288 Å². The van der Waals surface area contributed by atoms with Gasteiger partial charge >= 0.3 is 0 Å². The number of benzene rings is 4. The number of phenols is 2. The van der Waals surface area contributed by atoms with Crippen LogP contribution in [0.15, 0.2) is 78.9 Å². The molecule has 322 valence electrons. The third-order valence-electron chi connectivity index (χ3n) is 11.2. The number of hydrogen-bond acceptors (Lipinski definition) is 9. The predicted octanol–water partition coefficient (Wildman–Crippen LogP) is 4.06. The van der Waals surface area contributed by atoms with Crippen LogP contribution in [0.4, 0.5) is 0 Å². The van der Waals surface area contributed by atoms with Gasteiger partial charge in [0.1, 0.15) is 17.0 Å². The highest BCUT2D eigenvalue weighted by molar-refractivity contribution is 5.97. The first-order valence-corrected chi connectivity index (χ1v) is 20.4. The minimum absolute atomic E-state index is 0.00624. The van der Waals surface area contributed by atoms with Crippen LogP contribution in [0.1, 0.15) is 85.7 Å². The first-order chi connectivity index (χ1) is 28.4. The van der Waals surface area contributed by atoms with Crippen molar-refractivity contribution in [1.29, 1.82) is 10.8 Å². The molecule has 4 aromatic carbocycles. The summed E-state index contributed by atoms with van der Waals surface area (Å²) >= 11 is 0. The molecule has 0 bridgehead atoms. The van der Waals surface area contributed by atoms with E-state index >= 15 is 4.79 Å². The minimum Gasteiger partial charge on any atom is -0.508 e. The Kier molecular flexibility index (Phi) is 16.4. The number of carbonyl (C=O) groups excluding carboxylic acids is 3. The van der Waals surface area contributed by atoms with Gasteiger partial charge in [-0.25, -0.2) is 0 Å². The van der Waals surface area contributed by atoms with Crippen LogP contribution in [0.5, 0.6) is 11.5 Å². The van der Waals surface area contributed by atoms with Crippen molar-refractivity contribution in [3.05, 3.63) is 107 Å². The van der Waals surface area contributed by atoms with Crippen LogP contribution in [0, 0.1) is 24.7 Å². The Morgan fingerprint density at radius 2 is 1.32 bits per heavy atom. The molecular weight excluding hydrogens is 761 g/mol. The van der Waals surface area contributed by atoms with Crippen molar-refractivity contribution >= 4 is 40.4 Å². The third kappa shape index (κ3) is 11.9. The van der Waals surface area contributed by atoms with Gasteiger partial charge in [-0.3, -0.25) is 30.1 Å². The molecule has 15 heteroatoms. The lowest BCUT2D eigenvalue weighted by molar-refractivity contribution is -0.152. The molecule has 0 aromatic heterocycles. The van der Waals surface area contributed by atoms with Crippen molar-refractivity contribution < 1.29 is 24.6 Å². The summed E-state index contributed by atoms with van der Waals surface area (Å²) in [6.07, 6.45) is 3.16. The summed E-state index contributed by atoms with van der Waals surface area (Å²) < 4.78 is 0. The fraction of sp³-hybridized carbons (Fsp3) is 0.400. The Balaban J connectivity index is 1.74. The number of phenolic OH excluding ortho intramolecular Hbond substituents is 2. The number of amides is 3. The molecule has 0 fully saturated rings. The molecule has 60 heavy (non-hydrogen) atoms. The van der Waals surface area contributed by atoms with Crippen LogP contribution in [0.25, 0.3) is 10.8 Å². The first kappa shape index (κ1) is 46.5. The van der Waals surface area contributed by atoms with Crippen molar-refractivity contribution in [2.45, 2.75) is 102 Å². The lowest BCUT2D eigenvalue weighted by Crippen LogP contribution is -2.63. The zero-order valence-corrected chi connectivity index (χ0v) is 34.9. The number of hydrogen-bond donors (Lipinski definition) is 10. The summed E-state index contributed by atoms with van der Waals surface area (Å²) in [4.78, 5) is 45.7. The molecule has 4 aromatic rings. The SMILES string of the molecule is Cc1cc(C[C@H](N)C(=O)N([C@H](C)c2ccc3ccccc3c2)[C@@](CCCCCCNC(=N)N)(CCCN(C(=N)N)C(=O)[C@@H](N)Cc2ccc(O)cc2)C(N)=O)cc(C)c1O. The van der Waals surface area contributed by atoms with E-state index in [2.05, 4.69) is 5.32 Å². The summed E-state index contributed by atoms with van der Waals surface area (Å²) in [7, 11) is 0. The van der Waals surface area contributed by atoms with Gasteiger partial charge in [0.05, 0.1) is 18.1 Å². The fourth-order valence-electron chi connectivity index (χ4n) is 7.98. The Bertz CT molecular complexity index is 2120. The highest BCUT2D eigenvalue weighted by atomic mass is 16.3. The number of aromatic hydroxyl groups is 2. The lowest BCUT2D eigenvalue weighted by Gasteiger charge is -2.47. The molecule has 0 radical (unpaired) electrons. The predicted molar refractivity (Wildman–Crippen MR) is 236 cm³/mol. The van der Waals surface area contributed by atoms with E-state index in [1.807, 2.05) is 49.4 Å². The quantitative estimate of drug-likeness (QED) is 0.0327. The van der Waals surface area contributed by atoms with E-state index in [-0.39, 0.29) is 56.1 Å². The normalized spacial score (nSPS) is 13.8. The van der Waals surface area contributed by atoms with Crippen LogP contribution in [0.3, 0.4) is 0 Å². The van der Waals surface area contributed by atoms with Crippen LogP contribution >= 0.6 is 0 Å². The average Bonchev–Trinajstić information content (AvgIpc) is 3.20. The number of unbranched alkanes of at least 4 members (excludes halogenated alkanes) is 3. The van der Waals surface area contributed by atoms with Gasteiger partial charge in [0.25, 0.3) is 0 Å². The van der Waals surface area contributed by atoms with E-state index in [1.54, 1.807) is 38.1 Å². The van der Waals surface area contributed by atoms with Crippen LogP contribution in [0.2, 0.25) is 0 Å². The standard InChI is InChI=1S/C45H62N10O5/c1-28-23-32(24-29(2)39(28)57)26-38(47)41(59)55(30(3)34-16-15-33-11-6-7-12-35(33)27-34)45(42(48)60,19-8-4-5-9-21-53-43(49)50)20-10-22-54(44(51)52)40(58)37(46)25-31-13-17-36(56)18-14-31/h6-7,11-18,23-24,27,30,37-38,56-57H,4-5,8-10,19-22,25-26,46-47H2,1-3H3,(H2,48,60)(H3,51,52)(H4,49,50,53)/t30-,37+,38+,45+/m1/s1. The Hall–Kier alpha value is -6.19. The number of nitrogens with zero attached hydrogens (tertiary/aromatic N) is 2. The van der Waals surface area contributed by atoms with Crippen molar-refractivity contribution in [3.8, 4) is 11.5 Å². The van der Waals surface area contributed by atoms with E-state index in [9.17, 15) is 19.8 Å². The summed E-state index contributed by atoms with van der Waals surface area (Å²) in [6.45, 7) is 5.82. The number of nitrogens with two attached hydrogens (primary N) is 5. The molecule has 4 rings (SSSR count). The van der Waals surface area contributed by atoms with E-state index in [0.717, 1.165) is 39.6 Å². The molecule has 15 N–H and O–H groups in total. The van der Waals surface area contributed by atoms with Crippen LogP contribution in [-0.2, 0) is 27.2 Å². The maximum Gasteiger partial charge on any atom is 0.246 e. The highest BCUT2D eigenvalue weighted by Crippen LogP contribution is 2.38. The van der Waals surface area contributed by atoms with Crippen molar-refractivity contribution in [1.82, 2.24) is 15.1 Å². The summed E-state index contributed by atoms with van der Waals surface area (Å²) in [5.41, 5.74) is 32.9. The highest BCUT2D eigenvalue weighted by Gasteiger charge is 2.48. The van der Waals surface area contributed by atoms with Crippen molar-refractivity contribution in [2.24, 2.45) is 28.7 Å². The number of aryl methyl sites for hydroxylation is 2. The molecule has 0 aliphatic rings. The molecule has 0 spiro atoms. The molecule has 0 saturated heterocycles. The lowest BCUT2D eigenvalue weighted by atomic mass is 9.81. The second kappa shape index (κ2) is 21.2. The van der Waals surface area contributed by atoms with E-state index in [0.29, 0.717) is 36.1 Å². The first-order valence-electron chi connectivity index (χ1n) is 20.4. The Labute approximate surface area is 352 Å². The number of fused-ring (bicyclic) bond motifs is 1. The van der Waals surface area contributed by atoms with Crippen molar-refractivity contribution in [3.63, 3.8) is 0 Å². The zero-order valence-electron chi connectivity index (χ0n) is 34.9. The molecular formula is C45H62N10O5. The molecule has 0 aliphatic carbocycles. The summed E-state index contributed by atoms with van der Waals surface area (Å²) in [6, 6.07) is 20.7. The maximum absolute atomic E-state index is 15.1. The maximum atomic E-state index is 15.1. The van der Waals surface area contributed by atoms with Gasteiger partial charge in [0.15, 0.2) is 11.9 Å². The van der Waals surface area contributed by atoms with Gasteiger partial charge in [0, 0.05) is 13.1 Å². The smallest absolute Gasteiger partial charge is 0.246 e. The third-order valence-corrected chi connectivity index (χ3v) is 11.2. The number of primary amides is 1. The number of nitrogens with one attached hydrogen (secondary N) is 3. The Morgan fingerprint density at radius 3 is 1.93 bits per heavy atom. The molecule has 4 atom stereocenters. The van der Waals surface area contributed by atoms with E-state index < -0.39 is 47.3 Å². The molecule has 0 heterocycles. The molecule has 15 nitrogen and oxygen atoms in total. The van der Waals surface area contributed by atoms with Crippen LogP contribution in [-0.4, -0.2) is 80.4 Å². The van der Waals surface area contributed by atoms with Gasteiger partial charge < -0.3 is 49.1 Å².